The standard InChI is InChI=1S/C13H16ClF3N2/c1-18-7-9-2-3-10(14)6-12(9)19(11-4-5-11)8-13(15,16)17/h2-3,6,11,18H,4-5,7-8H2,1H3. The van der Waals surface area contributed by atoms with E-state index in [1.54, 1.807) is 25.2 Å². The van der Waals surface area contributed by atoms with Crippen LogP contribution in [0.4, 0.5) is 18.9 Å². The predicted octanol–water partition coefficient (Wildman–Crippen LogP) is 3.59. The van der Waals surface area contributed by atoms with Gasteiger partial charge in [0.05, 0.1) is 0 Å². The van der Waals surface area contributed by atoms with E-state index in [1.165, 1.54) is 4.90 Å². The maximum absolute atomic E-state index is 12.7. The molecule has 1 saturated carbocycles. The number of hydrogen-bond acceptors (Lipinski definition) is 2. The molecular formula is C13H16ClF3N2. The lowest BCUT2D eigenvalue weighted by Gasteiger charge is -2.28. The third kappa shape index (κ3) is 4.01. The molecule has 1 N–H and O–H groups in total. The van der Waals surface area contributed by atoms with Gasteiger partial charge >= 0.3 is 6.18 Å². The van der Waals surface area contributed by atoms with Crippen LogP contribution in [0, 0.1) is 0 Å². The van der Waals surface area contributed by atoms with Gasteiger partial charge in [0.15, 0.2) is 0 Å². The fourth-order valence-corrected chi connectivity index (χ4v) is 2.30. The van der Waals surface area contributed by atoms with Gasteiger partial charge in [0.1, 0.15) is 6.54 Å². The van der Waals surface area contributed by atoms with Gasteiger partial charge in [-0.05, 0) is 37.6 Å². The number of halogens is 4. The number of rotatable bonds is 5. The smallest absolute Gasteiger partial charge is 0.359 e. The fraction of sp³-hybridized carbons (Fsp3) is 0.538. The molecule has 2 rings (SSSR count). The number of nitrogens with zero attached hydrogens (tertiary/aromatic N) is 1. The third-order valence-electron chi connectivity index (χ3n) is 3.06. The zero-order valence-electron chi connectivity index (χ0n) is 10.6. The van der Waals surface area contributed by atoms with Crippen molar-refractivity contribution in [2.24, 2.45) is 0 Å². The van der Waals surface area contributed by atoms with Crippen LogP contribution >= 0.6 is 11.6 Å². The van der Waals surface area contributed by atoms with Crippen LogP contribution in [0.2, 0.25) is 5.02 Å². The average molecular weight is 293 g/mol. The molecule has 0 saturated heterocycles. The quantitative estimate of drug-likeness (QED) is 0.892. The molecule has 0 amide bonds. The predicted molar refractivity (Wildman–Crippen MR) is 70.6 cm³/mol. The number of hydrogen-bond donors (Lipinski definition) is 1. The van der Waals surface area contributed by atoms with Gasteiger partial charge in [-0.1, -0.05) is 17.7 Å². The summed E-state index contributed by atoms with van der Waals surface area (Å²) in [5.41, 5.74) is 1.42. The van der Waals surface area contributed by atoms with Crippen molar-refractivity contribution in [1.82, 2.24) is 5.32 Å². The Hall–Kier alpha value is -0.940. The molecule has 0 atom stereocenters. The summed E-state index contributed by atoms with van der Waals surface area (Å²) in [7, 11) is 1.77. The van der Waals surface area contributed by atoms with Crippen LogP contribution in [0.25, 0.3) is 0 Å². The summed E-state index contributed by atoms with van der Waals surface area (Å²) in [5.74, 6) is 0. The average Bonchev–Trinajstić information content (AvgIpc) is 3.11. The molecule has 6 heteroatoms. The molecule has 1 aliphatic carbocycles. The van der Waals surface area contributed by atoms with Crippen LogP contribution in [-0.2, 0) is 6.54 Å². The normalized spacial score (nSPS) is 15.6. The SMILES string of the molecule is CNCc1ccc(Cl)cc1N(CC(F)(F)F)C1CC1. The van der Waals surface area contributed by atoms with Gasteiger partial charge in [-0.2, -0.15) is 13.2 Å². The van der Waals surface area contributed by atoms with Crippen LogP contribution in [0.5, 0.6) is 0 Å². The number of benzene rings is 1. The Labute approximate surface area is 115 Å². The lowest BCUT2D eigenvalue weighted by Crippen LogP contribution is -2.36. The van der Waals surface area contributed by atoms with Crippen LogP contribution in [0.1, 0.15) is 18.4 Å². The highest BCUT2D eigenvalue weighted by Gasteiger charge is 2.38. The van der Waals surface area contributed by atoms with Crippen molar-refractivity contribution in [2.75, 3.05) is 18.5 Å². The number of nitrogens with one attached hydrogen (secondary N) is 1. The van der Waals surface area contributed by atoms with E-state index < -0.39 is 12.7 Å². The molecule has 0 aliphatic heterocycles. The molecule has 0 heterocycles. The fourth-order valence-electron chi connectivity index (χ4n) is 2.13. The van der Waals surface area contributed by atoms with E-state index in [0.29, 0.717) is 17.3 Å². The Bertz CT molecular complexity index is 444. The second-order valence-electron chi connectivity index (χ2n) is 4.78. The summed E-state index contributed by atoms with van der Waals surface area (Å²) in [5, 5.41) is 3.43. The van der Waals surface area contributed by atoms with Crippen molar-refractivity contribution in [3.8, 4) is 0 Å². The monoisotopic (exact) mass is 292 g/mol. The zero-order valence-corrected chi connectivity index (χ0v) is 11.4. The Morgan fingerprint density at radius 3 is 2.58 bits per heavy atom. The molecule has 0 unspecified atom stereocenters. The summed E-state index contributed by atoms with van der Waals surface area (Å²) in [6.45, 7) is -0.400. The summed E-state index contributed by atoms with van der Waals surface area (Å²) in [6.07, 6.45) is -2.59. The Kier molecular flexibility index (Phi) is 4.26. The summed E-state index contributed by atoms with van der Waals surface area (Å²) in [4.78, 5) is 1.43. The lowest BCUT2D eigenvalue weighted by atomic mass is 10.1. The first-order valence-corrected chi connectivity index (χ1v) is 6.55. The molecule has 0 radical (unpaired) electrons. The van der Waals surface area contributed by atoms with Crippen molar-refractivity contribution >= 4 is 17.3 Å². The minimum atomic E-state index is -4.21. The van der Waals surface area contributed by atoms with E-state index in [1.807, 2.05) is 0 Å². The van der Waals surface area contributed by atoms with Crippen molar-refractivity contribution in [3.63, 3.8) is 0 Å². The van der Waals surface area contributed by atoms with Crippen LogP contribution < -0.4 is 10.2 Å². The molecular weight excluding hydrogens is 277 g/mol. The molecule has 1 aromatic carbocycles. The van der Waals surface area contributed by atoms with E-state index in [4.69, 9.17) is 11.6 Å². The minimum Gasteiger partial charge on any atom is -0.359 e. The van der Waals surface area contributed by atoms with Gasteiger partial charge < -0.3 is 10.2 Å². The van der Waals surface area contributed by atoms with Gasteiger partial charge in [-0.3, -0.25) is 0 Å². The van der Waals surface area contributed by atoms with Crippen LogP contribution in [-0.4, -0.2) is 25.8 Å². The molecule has 0 bridgehead atoms. The van der Waals surface area contributed by atoms with E-state index >= 15 is 0 Å². The van der Waals surface area contributed by atoms with E-state index in [0.717, 1.165) is 18.4 Å². The van der Waals surface area contributed by atoms with Gasteiger partial charge in [-0.15, -0.1) is 0 Å². The van der Waals surface area contributed by atoms with Gasteiger partial charge in [0.2, 0.25) is 0 Å². The van der Waals surface area contributed by atoms with Gasteiger partial charge in [0, 0.05) is 23.3 Å². The number of alkyl halides is 3. The zero-order chi connectivity index (χ0) is 14.0. The van der Waals surface area contributed by atoms with E-state index in [-0.39, 0.29) is 6.04 Å². The minimum absolute atomic E-state index is 0.0179. The molecule has 2 nitrogen and oxygen atoms in total. The number of anilines is 1. The molecule has 106 valence electrons. The maximum atomic E-state index is 12.7. The molecule has 1 aromatic rings. The first-order valence-electron chi connectivity index (χ1n) is 6.17. The molecule has 19 heavy (non-hydrogen) atoms. The first kappa shape index (κ1) is 14.5. The van der Waals surface area contributed by atoms with Crippen molar-refractivity contribution in [2.45, 2.75) is 31.6 Å². The Morgan fingerprint density at radius 2 is 2.05 bits per heavy atom. The van der Waals surface area contributed by atoms with Crippen LogP contribution in [0.3, 0.4) is 0 Å². The van der Waals surface area contributed by atoms with Crippen molar-refractivity contribution < 1.29 is 13.2 Å². The van der Waals surface area contributed by atoms with E-state index in [2.05, 4.69) is 5.32 Å². The molecule has 0 spiro atoms. The van der Waals surface area contributed by atoms with Gasteiger partial charge in [-0.25, -0.2) is 0 Å². The highest BCUT2D eigenvalue weighted by molar-refractivity contribution is 6.30. The highest BCUT2D eigenvalue weighted by atomic mass is 35.5. The van der Waals surface area contributed by atoms with Crippen molar-refractivity contribution in [3.05, 3.63) is 28.8 Å². The lowest BCUT2D eigenvalue weighted by molar-refractivity contribution is -0.120. The highest BCUT2D eigenvalue weighted by Crippen LogP contribution is 2.37. The molecule has 0 aromatic heterocycles. The van der Waals surface area contributed by atoms with Gasteiger partial charge in [0.25, 0.3) is 0 Å². The summed E-state index contributed by atoms with van der Waals surface area (Å²) < 4.78 is 38.1. The van der Waals surface area contributed by atoms with Crippen molar-refractivity contribution in [1.29, 1.82) is 0 Å². The third-order valence-corrected chi connectivity index (χ3v) is 3.30. The molecule has 1 fully saturated rings. The Morgan fingerprint density at radius 1 is 1.37 bits per heavy atom. The second-order valence-corrected chi connectivity index (χ2v) is 5.21. The summed E-state index contributed by atoms with van der Waals surface area (Å²) in [6, 6.07) is 5.09. The topological polar surface area (TPSA) is 15.3 Å². The summed E-state index contributed by atoms with van der Waals surface area (Å²) >= 11 is 5.93. The van der Waals surface area contributed by atoms with Crippen LogP contribution in [0.15, 0.2) is 18.2 Å². The van der Waals surface area contributed by atoms with E-state index in [9.17, 15) is 13.2 Å². The second kappa shape index (κ2) is 5.59. The molecule has 1 aliphatic rings. The largest absolute Gasteiger partial charge is 0.405 e. The first-order chi connectivity index (χ1) is 8.90. The maximum Gasteiger partial charge on any atom is 0.405 e. The Balaban J connectivity index is 2.32.